The minimum Gasteiger partial charge on any atom is -0.381 e. The lowest BCUT2D eigenvalue weighted by molar-refractivity contribution is 0.0704. The van der Waals surface area contributed by atoms with E-state index in [4.69, 9.17) is 16.3 Å². The Bertz CT molecular complexity index is 945. The van der Waals surface area contributed by atoms with E-state index in [9.17, 15) is 0 Å². The standard InChI is InChI=1S/C16H14ClN5O/c1-8-18-6-10-11-12(13(10)20-8)15(17)21-16-14(11)19-7-22(16)9-2-4-23-5-3-9/h6-7,9H,2-5H2,1H3. The molecular weight excluding hydrogens is 314 g/mol. The van der Waals surface area contributed by atoms with Crippen LogP contribution in [0.1, 0.15) is 24.7 Å². The third-order valence-electron chi connectivity index (χ3n) is 4.66. The molecule has 7 heteroatoms. The highest BCUT2D eigenvalue weighted by Gasteiger charge is 2.33. The molecule has 0 N–H and O–H groups in total. The van der Waals surface area contributed by atoms with E-state index >= 15 is 0 Å². The highest BCUT2D eigenvalue weighted by Crippen LogP contribution is 2.51. The lowest BCUT2D eigenvalue weighted by Crippen LogP contribution is -2.19. The Morgan fingerprint density at radius 1 is 1.17 bits per heavy atom. The molecule has 0 aromatic carbocycles. The van der Waals surface area contributed by atoms with E-state index in [1.165, 1.54) is 0 Å². The summed E-state index contributed by atoms with van der Waals surface area (Å²) in [6.45, 7) is 3.43. The number of pyridine rings is 1. The van der Waals surface area contributed by atoms with Crippen LogP contribution in [0.25, 0.3) is 33.5 Å². The summed E-state index contributed by atoms with van der Waals surface area (Å²) in [6.07, 6.45) is 5.67. The molecule has 0 saturated carbocycles. The molecule has 116 valence electrons. The van der Waals surface area contributed by atoms with Gasteiger partial charge in [0.25, 0.3) is 0 Å². The van der Waals surface area contributed by atoms with Crippen LogP contribution in [-0.2, 0) is 4.74 Å². The fraction of sp³-hybridized carbons (Fsp3) is 0.375. The summed E-state index contributed by atoms with van der Waals surface area (Å²) in [5, 5.41) is 0.493. The molecule has 0 amide bonds. The summed E-state index contributed by atoms with van der Waals surface area (Å²) in [5.41, 5.74) is 5.55. The van der Waals surface area contributed by atoms with E-state index < -0.39 is 0 Å². The van der Waals surface area contributed by atoms with Crippen molar-refractivity contribution in [1.29, 1.82) is 0 Å². The Labute approximate surface area is 137 Å². The van der Waals surface area contributed by atoms with Crippen molar-refractivity contribution in [1.82, 2.24) is 24.5 Å². The maximum Gasteiger partial charge on any atom is 0.162 e. The van der Waals surface area contributed by atoms with Crippen LogP contribution >= 0.6 is 11.6 Å². The number of nitrogens with zero attached hydrogens (tertiary/aromatic N) is 5. The largest absolute Gasteiger partial charge is 0.381 e. The summed E-state index contributed by atoms with van der Waals surface area (Å²) in [7, 11) is 0. The summed E-state index contributed by atoms with van der Waals surface area (Å²) < 4.78 is 7.58. The summed E-state index contributed by atoms with van der Waals surface area (Å²) in [5.74, 6) is 0.735. The molecule has 0 radical (unpaired) electrons. The first kappa shape index (κ1) is 13.4. The second kappa shape index (κ2) is 4.72. The SMILES string of the molecule is Cc1ncc2c(n1)-c1c(Cl)nc3c(ncn3C3CCOCC3)c1-2. The van der Waals surface area contributed by atoms with Crippen LogP contribution in [-0.4, -0.2) is 37.7 Å². The highest BCUT2D eigenvalue weighted by atomic mass is 35.5. The average molecular weight is 328 g/mol. The number of rotatable bonds is 1. The maximum atomic E-state index is 6.45. The summed E-state index contributed by atoms with van der Waals surface area (Å²) in [4.78, 5) is 18.0. The van der Waals surface area contributed by atoms with Crippen LogP contribution in [0.5, 0.6) is 0 Å². The molecule has 3 aromatic heterocycles. The molecule has 3 aromatic rings. The van der Waals surface area contributed by atoms with Gasteiger partial charge in [0, 0.05) is 42.1 Å². The van der Waals surface area contributed by atoms with Crippen LogP contribution in [0.2, 0.25) is 5.15 Å². The van der Waals surface area contributed by atoms with Crippen molar-refractivity contribution in [2.75, 3.05) is 13.2 Å². The van der Waals surface area contributed by atoms with Gasteiger partial charge in [-0.1, -0.05) is 11.6 Å². The van der Waals surface area contributed by atoms with Crippen LogP contribution in [0.15, 0.2) is 12.5 Å². The predicted molar refractivity (Wildman–Crippen MR) is 86.4 cm³/mol. The molecule has 1 aliphatic heterocycles. The van der Waals surface area contributed by atoms with E-state index in [2.05, 4.69) is 24.5 Å². The Kier molecular flexibility index (Phi) is 2.75. The molecule has 0 unspecified atom stereocenters. The zero-order chi connectivity index (χ0) is 15.6. The molecule has 2 aliphatic rings. The molecular formula is C16H14ClN5O. The van der Waals surface area contributed by atoms with Crippen LogP contribution in [0.3, 0.4) is 0 Å². The number of halogens is 1. The van der Waals surface area contributed by atoms with Crippen LogP contribution in [0, 0.1) is 6.92 Å². The van der Waals surface area contributed by atoms with Gasteiger partial charge >= 0.3 is 0 Å². The second-order valence-electron chi connectivity index (χ2n) is 6.00. The number of ether oxygens (including phenoxy) is 1. The van der Waals surface area contributed by atoms with Crippen LogP contribution in [0.4, 0.5) is 0 Å². The molecule has 0 bridgehead atoms. The molecule has 0 spiro atoms. The fourth-order valence-electron chi connectivity index (χ4n) is 3.50. The molecule has 1 saturated heterocycles. The van der Waals surface area contributed by atoms with Gasteiger partial charge in [-0.25, -0.2) is 19.9 Å². The Morgan fingerprint density at radius 3 is 2.83 bits per heavy atom. The van der Waals surface area contributed by atoms with Crippen molar-refractivity contribution < 1.29 is 4.74 Å². The Morgan fingerprint density at radius 2 is 2.00 bits per heavy atom. The van der Waals surface area contributed by atoms with Gasteiger partial charge in [0.15, 0.2) is 5.65 Å². The van der Waals surface area contributed by atoms with Gasteiger partial charge in [0.1, 0.15) is 16.5 Å². The van der Waals surface area contributed by atoms with Crippen molar-refractivity contribution in [2.45, 2.75) is 25.8 Å². The minimum atomic E-state index is 0.365. The molecule has 6 nitrogen and oxygen atoms in total. The van der Waals surface area contributed by atoms with E-state index in [0.717, 1.165) is 65.4 Å². The first-order chi connectivity index (χ1) is 11.2. The van der Waals surface area contributed by atoms with E-state index in [1.54, 1.807) is 0 Å². The number of fused-ring (bicyclic) bond motifs is 6. The van der Waals surface area contributed by atoms with E-state index in [-0.39, 0.29) is 0 Å². The Hall–Kier alpha value is -2.05. The smallest absolute Gasteiger partial charge is 0.162 e. The predicted octanol–water partition coefficient (Wildman–Crippen LogP) is 3.18. The lowest BCUT2D eigenvalue weighted by atomic mass is 9.86. The van der Waals surface area contributed by atoms with Gasteiger partial charge in [0.2, 0.25) is 0 Å². The van der Waals surface area contributed by atoms with Crippen molar-refractivity contribution in [3.05, 3.63) is 23.5 Å². The third kappa shape index (κ3) is 1.79. The molecule has 0 atom stereocenters. The summed E-state index contributed by atoms with van der Waals surface area (Å²) >= 11 is 6.45. The first-order valence-corrected chi connectivity index (χ1v) is 8.10. The van der Waals surface area contributed by atoms with E-state index in [0.29, 0.717) is 11.2 Å². The van der Waals surface area contributed by atoms with Gasteiger partial charge in [-0.2, -0.15) is 0 Å². The van der Waals surface area contributed by atoms with Gasteiger partial charge in [-0.05, 0) is 19.8 Å². The van der Waals surface area contributed by atoms with Gasteiger partial charge < -0.3 is 9.30 Å². The van der Waals surface area contributed by atoms with Crippen molar-refractivity contribution in [3.8, 4) is 22.4 Å². The van der Waals surface area contributed by atoms with Gasteiger partial charge in [-0.3, -0.25) is 0 Å². The zero-order valence-corrected chi connectivity index (χ0v) is 13.3. The number of imidazole rings is 1. The molecule has 1 fully saturated rings. The molecule has 4 heterocycles. The third-order valence-corrected chi connectivity index (χ3v) is 4.94. The summed E-state index contributed by atoms with van der Waals surface area (Å²) in [6, 6.07) is 0.365. The highest BCUT2D eigenvalue weighted by molar-refractivity contribution is 6.35. The van der Waals surface area contributed by atoms with Gasteiger partial charge in [0.05, 0.1) is 12.0 Å². The monoisotopic (exact) mass is 327 g/mol. The Balaban J connectivity index is 1.71. The van der Waals surface area contributed by atoms with E-state index in [1.807, 2.05) is 19.4 Å². The topological polar surface area (TPSA) is 65.7 Å². The van der Waals surface area contributed by atoms with Crippen LogP contribution < -0.4 is 0 Å². The van der Waals surface area contributed by atoms with Crippen molar-refractivity contribution in [3.63, 3.8) is 0 Å². The first-order valence-electron chi connectivity index (χ1n) is 7.72. The van der Waals surface area contributed by atoms with Crippen molar-refractivity contribution in [2.24, 2.45) is 0 Å². The van der Waals surface area contributed by atoms with Gasteiger partial charge in [-0.15, -0.1) is 0 Å². The second-order valence-corrected chi connectivity index (χ2v) is 6.36. The molecule has 1 aliphatic carbocycles. The minimum absolute atomic E-state index is 0.365. The number of aromatic nitrogens is 5. The quantitative estimate of drug-likeness (QED) is 0.502. The fourth-order valence-corrected chi connectivity index (χ4v) is 3.77. The van der Waals surface area contributed by atoms with Crippen molar-refractivity contribution >= 4 is 22.8 Å². The number of hydrogen-bond donors (Lipinski definition) is 0. The molecule has 5 rings (SSSR count). The average Bonchev–Trinajstić information content (AvgIpc) is 2.95. The number of aryl methyl sites for hydroxylation is 1. The normalized spacial score (nSPS) is 17.0. The molecule has 23 heavy (non-hydrogen) atoms. The lowest BCUT2D eigenvalue weighted by Gasteiger charge is -2.25. The maximum absolute atomic E-state index is 6.45. The zero-order valence-electron chi connectivity index (χ0n) is 12.6. The number of hydrogen-bond acceptors (Lipinski definition) is 5.